The summed E-state index contributed by atoms with van der Waals surface area (Å²) >= 11 is 5.58. The molecule has 1 amide bonds. The fourth-order valence-electron chi connectivity index (χ4n) is 1.59. The molecule has 0 fully saturated rings. The molecule has 0 heterocycles. The molecular weight excluding hydrogens is 326 g/mol. The van der Waals surface area contributed by atoms with Gasteiger partial charge in [0.2, 0.25) is 0 Å². The number of carbonyl (C=O) groups excluding carboxylic acids is 1. The van der Waals surface area contributed by atoms with Crippen molar-refractivity contribution in [1.29, 1.82) is 0 Å². The summed E-state index contributed by atoms with van der Waals surface area (Å²) in [7, 11) is 0. The van der Waals surface area contributed by atoms with Crippen LogP contribution in [0, 0.1) is 5.82 Å². The first-order valence-corrected chi connectivity index (χ1v) is 6.24. The SMILES string of the molecule is O=C(Nc1ccc(F)c(Cl)c1)c1ccc(OC(F)(F)F)cc1. The molecule has 0 aliphatic rings. The van der Waals surface area contributed by atoms with E-state index in [9.17, 15) is 22.4 Å². The van der Waals surface area contributed by atoms with Gasteiger partial charge in [-0.1, -0.05) is 11.6 Å². The van der Waals surface area contributed by atoms with E-state index in [1.807, 2.05) is 0 Å². The standard InChI is InChI=1S/C14H8ClF4NO2/c15-11-7-9(3-6-12(11)16)20-13(21)8-1-4-10(5-2-8)22-14(17,18)19/h1-7H,(H,20,21). The van der Waals surface area contributed by atoms with Gasteiger partial charge in [-0.15, -0.1) is 13.2 Å². The number of alkyl halides is 3. The van der Waals surface area contributed by atoms with Crippen molar-refractivity contribution < 1.29 is 27.1 Å². The molecule has 3 nitrogen and oxygen atoms in total. The number of anilines is 1. The van der Waals surface area contributed by atoms with E-state index in [1.165, 1.54) is 24.3 Å². The average molecular weight is 334 g/mol. The van der Waals surface area contributed by atoms with Gasteiger partial charge in [0.05, 0.1) is 5.02 Å². The Balaban J connectivity index is 2.08. The van der Waals surface area contributed by atoms with E-state index in [1.54, 1.807) is 0 Å². The maximum atomic E-state index is 13.0. The summed E-state index contributed by atoms with van der Waals surface area (Å²) < 4.78 is 52.7. The zero-order valence-electron chi connectivity index (χ0n) is 10.7. The van der Waals surface area contributed by atoms with Crippen LogP contribution in [0.15, 0.2) is 42.5 Å². The van der Waals surface area contributed by atoms with Crippen molar-refractivity contribution >= 4 is 23.2 Å². The quantitative estimate of drug-likeness (QED) is 0.832. The van der Waals surface area contributed by atoms with Crippen molar-refractivity contribution in [2.45, 2.75) is 6.36 Å². The van der Waals surface area contributed by atoms with Crippen LogP contribution < -0.4 is 10.1 Å². The highest BCUT2D eigenvalue weighted by atomic mass is 35.5. The van der Waals surface area contributed by atoms with Crippen LogP contribution in [-0.4, -0.2) is 12.3 Å². The van der Waals surface area contributed by atoms with Crippen molar-refractivity contribution in [3.05, 3.63) is 58.9 Å². The van der Waals surface area contributed by atoms with Crippen LogP contribution in [0.4, 0.5) is 23.2 Å². The Bertz CT molecular complexity index is 686. The zero-order valence-corrected chi connectivity index (χ0v) is 11.5. The van der Waals surface area contributed by atoms with E-state index >= 15 is 0 Å². The number of benzene rings is 2. The molecule has 2 aromatic carbocycles. The Morgan fingerprint density at radius 3 is 2.27 bits per heavy atom. The van der Waals surface area contributed by atoms with E-state index in [-0.39, 0.29) is 16.3 Å². The van der Waals surface area contributed by atoms with Gasteiger partial charge in [-0.25, -0.2) is 4.39 Å². The fourth-order valence-corrected chi connectivity index (χ4v) is 1.77. The Morgan fingerprint density at radius 1 is 1.09 bits per heavy atom. The largest absolute Gasteiger partial charge is 0.573 e. The average Bonchev–Trinajstić information content (AvgIpc) is 2.42. The first-order chi connectivity index (χ1) is 10.2. The molecule has 0 bridgehead atoms. The number of hydrogen-bond donors (Lipinski definition) is 1. The molecule has 2 aromatic rings. The van der Waals surface area contributed by atoms with Gasteiger partial charge >= 0.3 is 6.36 Å². The minimum absolute atomic E-state index is 0.106. The molecule has 0 aliphatic carbocycles. The van der Waals surface area contributed by atoms with Crippen molar-refractivity contribution in [3.63, 3.8) is 0 Å². The molecule has 0 unspecified atom stereocenters. The first kappa shape index (κ1) is 16.1. The summed E-state index contributed by atoms with van der Waals surface area (Å²) in [5.41, 5.74) is 0.363. The summed E-state index contributed by atoms with van der Waals surface area (Å²) in [6, 6.07) is 7.97. The van der Waals surface area contributed by atoms with Gasteiger partial charge in [-0.2, -0.15) is 0 Å². The van der Waals surface area contributed by atoms with Crippen molar-refractivity contribution in [2.24, 2.45) is 0 Å². The third-order valence-corrected chi connectivity index (χ3v) is 2.82. The van der Waals surface area contributed by atoms with E-state index in [4.69, 9.17) is 11.6 Å². The Hall–Kier alpha value is -2.28. The lowest BCUT2D eigenvalue weighted by Gasteiger charge is -2.09. The lowest BCUT2D eigenvalue weighted by atomic mass is 10.2. The number of ether oxygens (including phenoxy) is 1. The lowest BCUT2D eigenvalue weighted by Crippen LogP contribution is -2.17. The highest BCUT2D eigenvalue weighted by Gasteiger charge is 2.31. The van der Waals surface area contributed by atoms with E-state index in [0.29, 0.717) is 0 Å². The van der Waals surface area contributed by atoms with E-state index < -0.39 is 23.8 Å². The van der Waals surface area contributed by atoms with Crippen molar-refractivity contribution in [3.8, 4) is 5.75 Å². The second kappa shape index (κ2) is 6.23. The van der Waals surface area contributed by atoms with Crippen LogP contribution in [-0.2, 0) is 0 Å². The number of carbonyl (C=O) groups is 1. The molecule has 0 saturated carbocycles. The second-order valence-corrected chi connectivity index (χ2v) is 4.56. The van der Waals surface area contributed by atoms with Gasteiger partial charge in [0.25, 0.3) is 5.91 Å². The van der Waals surface area contributed by atoms with Gasteiger partial charge < -0.3 is 10.1 Å². The molecule has 116 valence electrons. The molecule has 2 rings (SSSR count). The topological polar surface area (TPSA) is 38.3 Å². The smallest absolute Gasteiger partial charge is 0.406 e. The molecule has 1 N–H and O–H groups in total. The summed E-state index contributed by atoms with van der Waals surface area (Å²) in [6.45, 7) is 0. The number of halogens is 5. The van der Waals surface area contributed by atoms with Crippen LogP contribution in [0.3, 0.4) is 0 Å². The summed E-state index contributed by atoms with van der Waals surface area (Å²) in [4.78, 5) is 11.9. The molecule has 0 spiro atoms. The molecular formula is C14H8ClF4NO2. The minimum Gasteiger partial charge on any atom is -0.406 e. The van der Waals surface area contributed by atoms with Crippen LogP contribution in [0.25, 0.3) is 0 Å². The maximum Gasteiger partial charge on any atom is 0.573 e. The van der Waals surface area contributed by atoms with Crippen LogP contribution >= 0.6 is 11.6 Å². The second-order valence-electron chi connectivity index (χ2n) is 4.16. The monoisotopic (exact) mass is 333 g/mol. The zero-order chi connectivity index (χ0) is 16.3. The first-order valence-electron chi connectivity index (χ1n) is 5.87. The fraction of sp³-hybridized carbons (Fsp3) is 0.0714. The maximum absolute atomic E-state index is 13.0. The van der Waals surface area contributed by atoms with Crippen LogP contribution in [0.1, 0.15) is 10.4 Å². The number of hydrogen-bond acceptors (Lipinski definition) is 2. The normalized spacial score (nSPS) is 11.1. The minimum atomic E-state index is -4.80. The van der Waals surface area contributed by atoms with Crippen molar-refractivity contribution in [2.75, 3.05) is 5.32 Å². The molecule has 0 atom stereocenters. The summed E-state index contributed by atoms with van der Waals surface area (Å²) in [6.07, 6.45) is -4.80. The summed E-state index contributed by atoms with van der Waals surface area (Å²) in [5, 5.41) is 2.28. The molecule has 0 aromatic heterocycles. The lowest BCUT2D eigenvalue weighted by molar-refractivity contribution is -0.274. The molecule has 0 aliphatic heterocycles. The van der Waals surface area contributed by atoms with E-state index in [0.717, 1.165) is 18.2 Å². The Morgan fingerprint density at radius 2 is 1.73 bits per heavy atom. The highest BCUT2D eigenvalue weighted by molar-refractivity contribution is 6.31. The predicted molar refractivity (Wildman–Crippen MR) is 72.5 cm³/mol. The third-order valence-electron chi connectivity index (χ3n) is 2.53. The molecule has 8 heteroatoms. The van der Waals surface area contributed by atoms with Gasteiger partial charge in [-0.3, -0.25) is 4.79 Å². The molecule has 22 heavy (non-hydrogen) atoms. The van der Waals surface area contributed by atoms with Gasteiger partial charge in [0.1, 0.15) is 11.6 Å². The van der Waals surface area contributed by atoms with Gasteiger partial charge in [0.15, 0.2) is 0 Å². The molecule has 0 radical (unpaired) electrons. The number of nitrogens with one attached hydrogen (secondary N) is 1. The van der Waals surface area contributed by atoms with E-state index in [2.05, 4.69) is 10.1 Å². The number of rotatable bonds is 3. The molecule has 0 saturated heterocycles. The van der Waals surface area contributed by atoms with Gasteiger partial charge in [-0.05, 0) is 42.5 Å². The number of amides is 1. The van der Waals surface area contributed by atoms with Gasteiger partial charge in [0, 0.05) is 11.3 Å². The van der Waals surface area contributed by atoms with Crippen LogP contribution in [0.2, 0.25) is 5.02 Å². The van der Waals surface area contributed by atoms with Crippen LogP contribution in [0.5, 0.6) is 5.75 Å². The summed E-state index contributed by atoms with van der Waals surface area (Å²) in [5.74, 6) is -1.65. The van der Waals surface area contributed by atoms with Crippen molar-refractivity contribution in [1.82, 2.24) is 0 Å². The highest BCUT2D eigenvalue weighted by Crippen LogP contribution is 2.23. The predicted octanol–water partition coefficient (Wildman–Crippen LogP) is 4.63. The Labute approximate surface area is 127 Å². The third kappa shape index (κ3) is 4.36. The Kier molecular flexibility index (Phi) is 4.56.